The Morgan fingerprint density at radius 2 is 1.25 bits per heavy atom. The average molecular weight is 569 g/mol. The minimum atomic E-state index is -2.38. The molecule has 0 aliphatic rings. The van der Waals surface area contributed by atoms with Crippen LogP contribution in [0.5, 0.6) is 0 Å². The summed E-state index contributed by atoms with van der Waals surface area (Å²) in [5.74, 6) is 0. The topological polar surface area (TPSA) is 9.23 Å². The number of hydrogen-bond donors (Lipinski definition) is 0. The zero-order valence-electron chi connectivity index (χ0n) is 17.5. The molecule has 1 nitrogen and oxygen atoms in total. The second-order valence-corrected chi connectivity index (χ2v) is 15.6. The van der Waals surface area contributed by atoms with E-state index in [9.17, 15) is 0 Å². The number of rotatable bonds is 8. The van der Waals surface area contributed by atoms with Crippen LogP contribution in [0, 0.1) is 6.92 Å². The molecule has 3 rings (SSSR count). The van der Waals surface area contributed by atoms with Crippen LogP contribution in [0.4, 0.5) is 0 Å². The summed E-state index contributed by atoms with van der Waals surface area (Å²) in [6.07, 6.45) is 2.18. The van der Waals surface area contributed by atoms with Gasteiger partial charge in [-0.2, -0.15) is 0 Å². The third-order valence-corrected chi connectivity index (χ3v) is 15.0. The first-order valence-corrected chi connectivity index (χ1v) is 15.5. The zero-order valence-corrected chi connectivity index (χ0v) is 21.0. The van der Waals surface area contributed by atoms with Crippen molar-refractivity contribution in [2.75, 3.05) is 6.61 Å². The van der Waals surface area contributed by atoms with Gasteiger partial charge in [-0.1, -0.05) is 0 Å². The number of hydrogen-bond acceptors (Lipinski definition) is 1. The monoisotopic (exact) mass is 568 g/mol. The molecule has 0 spiro atoms. The van der Waals surface area contributed by atoms with Crippen LogP contribution in [0.15, 0.2) is 66.7 Å². The van der Waals surface area contributed by atoms with Gasteiger partial charge in [-0.15, -0.1) is 0 Å². The van der Waals surface area contributed by atoms with Gasteiger partial charge in [0.2, 0.25) is 0 Å². The van der Waals surface area contributed by atoms with E-state index in [0.717, 1.165) is 19.4 Å². The third-order valence-electron chi connectivity index (χ3n) is 5.14. The number of aryl methyl sites for hydroxylation is 3. The van der Waals surface area contributed by atoms with Crippen LogP contribution >= 0.6 is 0 Å². The molecule has 0 aromatic heterocycles. The van der Waals surface area contributed by atoms with Gasteiger partial charge < -0.3 is 0 Å². The van der Waals surface area contributed by atoms with Gasteiger partial charge in [-0.25, -0.2) is 0 Å². The van der Waals surface area contributed by atoms with E-state index in [1.165, 1.54) is 28.8 Å². The van der Waals surface area contributed by atoms with Gasteiger partial charge in [0.1, 0.15) is 0 Å². The Labute approximate surface area is 178 Å². The van der Waals surface area contributed by atoms with Crippen molar-refractivity contribution in [3.63, 3.8) is 0 Å². The first-order valence-electron chi connectivity index (χ1n) is 10.3. The molecule has 28 heavy (non-hydrogen) atoms. The van der Waals surface area contributed by atoms with Crippen LogP contribution in [0.2, 0.25) is 0 Å². The van der Waals surface area contributed by atoms with Gasteiger partial charge in [0, 0.05) is 0 Å². The Morgan fingerprint density at radius 1 is 0.714 bits per heavy atom. The van der Waals surface area contributed by atoms with Crippen LogP contribution < -0.4 is 9.81 Å². The van der Waals surface area contributed by atoms with Crippen molar-refractivity contribution in [1.29, 1.82) is 0 Å². The first kappa shape index (κ1) is 21.2. The maximum atomic E-state index is 5.84. The van der Waals surface area contributed by atoms with E-state index in [-0.39, 0.29) is 0 Å². The van der Waals surface area contributed by atoms with Crippen LogP contribution in [0.25, 0.3) is 0 Å². The van der Waals surface area contributed by atoms with Crippen LogP contribution in [-0.4, -0.2) is 28.4 Å². The minimum absolute atomic E-state index is 0.708. The van der Waals surface area contributed by atoms with Gasteiger partial charge in [0.15, 0.2) is 0 Å². The summed E-state index contributed by atoms with van der Waals surface area (Å²) < 4.78 is 10.5. The summed E-state index contributed by atoms with van der Waals surface area (Å²) >= 11 is -2.38. The molecule has 0 amide bonds. The van der Waals surface area contributed by atoms with E-state index in [1.807, 2.05) is 0 Å². The summed E-state index contributed by atoms with van der Waals surface area (Å²) in [6, 6.07) is 25.8. The fraction of sp³-hybridized carbons (Fsp3) is 0.308. The van der Waals surface area contributed by atoms with Crippen molar-refractivity contribution in [2.24, 2.45) is 0 Å². The molecule has 0 atom stereocenters. The Kier molecular flexibility index (Phi) is 7.83. The SMILES string of the molecule is CCOCc1cc(C)cc[c]1[Bi]([c]1ccc(CC)cc1)[c]1ccc(CC)cc1. The zero-order chi connectivity index (χ0) is 19.9. The molecular weight excluding hydrogens is 537 g/mol. The Balaban J connectivity index is 2.12. The molecule has 0 aliphatic carbocycles. The summed E-state index contributed by atoms with van der Waals surface area (Å²) in [7, 11) is 0. The van der Waals surface area contributed by atoms with Crippen molar-refractivity contribution in [3.8, 4) is 0 Å². The fourth-order valence-corrected chi connectivity index (χ4v) is 12.7. The van der Waals surface area contributed by atoms with Crippen molar-refractivity contribution in [1.82, 2.24) is 0 Å². The Morgan fingerprint density at radius 3 is 1.71 bits per heavy atom. The van der Waals surface area contributed by atoms with Crippen molar-refractivity contribution in [3.05, 3.63) is 89.0 Å². The van der Waals surface area contributed by atoms with Gasteiger partial charge in [-0.3, -0.25) is 0 Å². The normalized spacial score (nSPS) is 11.2. The maximum absolute atomic E-state index is 5.84. The van der Waals surface area contributed by atoms with E-state index < -0.39 is 21.8 Å². The quantitative estimate of drug-likeness (QED) is 0.371. The molecule has 0 aliphatic heterocycles. The molecule has 0 bridgehead atoms. The number of ether oxygens (including phenoxy) is 1. The van der Waals surface area contributed by atoms with Crippen LogP contribution in [0.1, 0.15) is 43.0 Å². The second kappa shape index (κ2) is 10.3. The van der Waals surface area contributed by atoms with E-state index >= 15 is 0 Å². The Bertz CT molecular complexity index is 834. The van der Waals surface area contributed by atoms with Gasteiger partial charge in [0.05, 0.1) is 0 Å². The van der Waals surface area contributed by atoms with E-state index in [1.54, 1.807) is 3.27 Å². The van der Waals surface area contributed by atoms with E-state index in [2.05, 4.69) is 94.4 Å². The summed E-state index contributed by atoms with van der Waals surface area (Å²) in [4.78, 5) is 0. The predicted molar refractivity (Wildman–Crippen MR) is 123 cm³/mol. The molecule has 0 heterocycles. The van der Waals surface area contributed by atoms with Crippen LogP contribution in [-0.2, 0) is 24.2 Å². The predicted octanol–water partition coefficient (Wildman–Crippen LogP) is 4.17. The molecule has 2 heteroatoms. The van der Waals surface area contributed by atoms with Gasteiger partial charge in [-0.05, 0) is 0 Å². The van der Waals surface area contributed by atoms with E-state index in [0.29, 0.717) is 6.61 Å². The summed E-state index contributed by atoms with van der Waals surface area (Å²) in [6.45, 7) is 10.2. The van der Waals surface area contributed by atoms with Crippen molar-refractivity contribution < 1.29 is 4.74 Å². The van der Waals surface area contributed by atoms with Crippen molar-refractivity contribution >= 4 is 31.6 Å². The number of benzene rings is 3. The van der Waals surface area contributed by atoms with Crippen LogP contribution in [0.3, 0.4) is 0 Å². The van der Waals surface area contributed by atoms with Gasteiger partial charge >= 0.3 is 179 Å². The molecule has 146 valence electrons. The molecule has 0 saturated carbocycles. The molecule has 0 N–H and O–H groups in total. The average Bonchev–Trinajstić information content (AvgIpc) is 2.74. The standard InChI is InChI=1S/C10H13O.2C8H9.Bi/c1-3-11-8-10-6-4-5-9(2)7-10;2*1-2-8-6-4-3-5-7-8;/h4-5,7H,3,8H2,1-2H3;2*4-7H,2H2,1H3;. The molecule has 0 saturated heterocycles. The second-order valence-electron chi connectivity index (χ2n) is 7.14. The molecule has 3 aromatic carbocycles. The van der Waals surface area contributed by atoms with E-state index in [4.69, 9.17) is 4.74 Å². The molecule has 0 fully saturated rings. The first-order chi connectivity index (χ1) is 13.7. The fourth-order valence-electron chi connectivity index (χ4n) is 3.45. The molecular formula is C26H31BiO. The summed E-state index contributed by atoms with van der Waals surface area (Å²) in [5, 5.41) is 0. The Hall–Kier alpha value is -1.50. The molecule has 0 radical (unpaired) electrons. The molecule has 3 aromatic rings. The molecule has 0 unspecified atom stereocenters. The summed E-state index contributed by atoms with van der Waals surface area (Å²) in [5.41, 5.74) is 5.50. The third kappa shape index (κ3) is 5.10. The van der Waals surface area contributed by atoms with Crippen molar-refractivity contribution in [2.45, 2.75) is 47.1 Å². The van der Waals surface area contributed by atoms with Gasteiger partial charge in [0.25, 0.3) is 0 Å².